The first-order valence-corrected chi connectivity index (χ1v) is 8.23. The Morgan fingerprint density at radius 1 is 1.23 bits per heavy atom. The van der Waals surface area contributed by atoms with Gasteiger partial charge in [-0.15, -0.1) is 0 Å². The molecule has 2 aromatic carbocycles. The number of nitrogens with two attached hydrogens (primary N) is 1. The Hall–Kier alpha value is -2.41. The number of nitrogen functional groups attached to an aromatic ring is 1. The molecule has 0 saturated carbocycles. The van der Waals surface area contributed by atoms with Crippen molar-refractivity contribution in [2.24, 2.45) is 5.73 Å². The van der Waals surface area contributed by atoms with E-state index in [1.54, 1.807) is 12.1 Å². The van der Waals surface area contributed by atoms with Gasteiger partial charge in [-0.3, -0.25) is 5.41 Å². The van der Waals surface area contributed by atoms with Crippen LogP contribution in [0.2, 0.25) is 0 Å². The van der Waals surface area contributed by atoms with Crippen LogP contribution in [0.25, 0.3) is 0 Å². The molecule has 22 heavy (non-hydrogen) atoms. The number of halogens is 1. The molecule has 0 fully saturated rings. The van der Waals surface area contributed by atoms with Gasteiger partial charge in [0.15, 0.2) is 9.84 Å². The van der Waals surface area contributed by atoms with Gasteiger partial charge in [0, 0.05) is 6.26 Å². The minimum atomic E-state index is -3.25. The predicted octanol–water partition coefficient (Wildman–Crippen LogP) is 2.09. The van der Waals surface area contributed by atoms with Crippen LogP contribution in [-0.4, -0.2) is 20.5 Å². The Labute approximate surface area is 128 Å². The van der Waals surface area contributed by atoms with E-state index in [4.69, 9.17) is 15.9 Å². The van der Waals surface area contributed by atoms with Crippen molar-refractivity contribution in [2.75, 3.05) is 6.26 Å². The highest BCUT2D eigenvalue weighted by Gasteiger charge is 2.13. The zero-order valence-electron chi connectivity index (χ0n) is 11.8. The Kier molecular flexibility index (Phi) is 4.46. The van der Waals surface area contributed by atoms with Crippen LogP contribution < -0.4 is 10.5 Å². The smallest absolute Gasteiger partial charge is 0.175 e. The molecule has 0 saturated heterocycles. The van der Waals surface area contributed by atoms with Gasteiger partial charge in [-0.1, -0.05) is 18.2 Å². The summed E-state index contributed by atoms with van der Waals surface area (Å²) in [4.78, 5) is 0.214. The van der Waals surface area contributed by atoms with Gasteiger partial charge in [-0.25, -0.2) is 12.8 Å². The van der Waals surface area contributed by atoms with Gasteiger partial charge in [-0.2, -0.15) is 0 Å². The number of rotatable bonds is 5. The maximum Gasteiger partial charge on any atom is 0.175 e. The molecule has 0 aromatic heterocycles. The highest BCUT2D eigenvalue weighted by molar-refractivity contribution is 7.90. The lowest BCUT2D eigenvalue weighted by molar-refractivity contribution is 0.304. The zero-order chi connectivity index (χ0) is 16.3. The maximum atomic E-state index is 13.6. The average Bonchev–Trinajstić information content (AvgIpc) is 2.44. The molecule has 116 valence electrons. The monoisotopic (exact) mass is 322 g/mol. The Morgan fingerprint density at radius 2 is 1.86 bits per heavy atom. The molecule has 2 aromatic rings. The Bertz CT molecular complexity index is 802. The largest absolute Gasteiger partial charge is 0.488 e. The fourth-order valence-electron chi connectivity index (χ4n) is 1.88. The van der Waals surface area contributed by atoms with Crippen molar-refractivity contribution in [3.05, 3.63) is 59.4 Å². The van der Waals surface area contributed by atoms with Crippen LogP contribution in [0, 0.1) is 11.2 Å². The second-order valence-corrected chi connectivity index (χ2v) is 6.75. The number of hydrogen-bond acceptors (Lipinski definition) is 4. The Balaban J connectivity index is 2.17. The minimum Gasteiger partial charge on any atom is -0.488 e. The summed E-state index contributed by atoms with van der Waals surface area (Å²) >= 11 is 0. The SMILES string of the molecule is CS(=O)(=O)c1ccc(COc2cccc(F)c2C(=N)N)cc1. The van der Waals surface area contributed by atoms with E-state index < -0.39 is 21.5 Å². The van der Waals surface area contributed by atoms with Crippen LogP contribution in [0.3, 0.4) is 0 Å². The lowest BCUT2D eigenvalue weighted by atomic mass is 10.1. The lowest BCUT2D eigenvalue weighted by Gasteiger charge is -2.11. The van der Waals surface area contributed by atoms with E-state index in [9.17, 15) is 12.8 Å². The molecule has 2 rings (SSSR count). The van der Waals surface area contributed by atoms with Gasteiger partial charge >= 0.3 is 0 Å². The van der Waals surface area contributed by atoms with Crippen molar-refractivity contribution >= 4 is 15.7 Å². The number of sulfone groups is 1. The predicted molar refractivity (Wildman–Crippen MR) is 81.3 cm³/mol. The number of amidine groups is 1. The zero-order valence-corrected chi connectivity index (χ0v) is 12.7. The van der Waals surface area contributed by atoms with Crippen molar-refractivity contribution in [2.45, 2.75) is 11.5 Å². The van der Waals surface area contributed by atoms with Crippen LogP contribution in [-0.2, 0) is 16.4 Å². The quantitative estimate of drug-likeness (QED) is 0.651. The van der Waals surface area contributed by atoms with E-state index >= 15 is 0 Å². The highest BCUT2D eigenvalue weighted by Crippen LogP contribution is 2.22. The van der Waals surface area contributed by atoms with Gasteiger partial charge in [0.05, 0.1) is 10.5 Å². The van der Waals surface area contributed by atoms with E-state index in [0.717, 1.165) is 6.26 Å². The minimum absolute atomic E-state index is 0.0877. The summed E-state index contributed by atoms with van der Waals surface area (Å²) in [5, 5.41) is 7.39. The summed E-state index contributed by atoms with van der Waals surface area (Å²) < 4.78 is 41.9. The first-order chi connectivity index (χ1) is 10.3. The first kappa shape index (κ1) is 16.0. The molecular weight excluding hydrogens is 307 g/mol. The second kappa shape index (κ2) is 6.15. The summed E-state index contributed by atoms with van der Waals surface area (Å²) in [7, 11) is -3.25. The van der Waals surface area contributed by atoms with E-state index in [2.05, 4.69) is 0 Å². The molecule has 0 aliphatic heterocycles. The van der Waals surface area contributed by atoms with E-state index in [1.807, 2.05) is 0 Å². The molecule has 0 aliphatic rings. The van der Waals surface area contributed by atoms with Gasteiger partial charge in [0.1, 0.15) is 24.0 Å². The second-order valence-electron chi connectivity index (χ2n) is 4.73. The molecule has 7 heteroatoms. The van der Waals surface area contributed by atoms with Crippen LogP contribution in [0.15, 0.2) is 47.4 Å². The summed E-state index contributed by atoms with van der Waals surface area (Å²) in [6.45, 7) is 0.105. The number of hydrogen-bond donors (Lipinski definition) is 2. The molecule has 0 radical (unpaired) electrons. The van der Waals surface area contributed by atoms with Gasteiger partial charge in [0.2, 0.25) is 0 Å². The van der Waals surface area contributed by atoms with Crippen molar-refractivity contribution in [3.8, 4) is 5.75 Å². The van der Waals surface area contributed by atoms with E-state index in [1.165, 1.54) is 30.3 Å². The van der Waals surface area contributed by atoms with Gasteiger partial charge in [-0.05, 0) is 29.8 Å². The third-order valence-electron chi connectivity index (χ3n) is 2.99. The highest BCUT2D eigenvalue weighted by atomic mass is 32.2. The third kappa shape index (κ3) is 3.62. The number of nitrogens with one attached hydrogen (secondary N) is 1. The fourth-order valence-corrected chi connectivity index (χ4v) is 2.51. The molecule has 5 nitrogen and oxygen atoms in total. The topological polar surface area (TPSA) is 93.2 Å². The molecular formula is C15H15FN2O3S. The normalized spacial score (nSPS) is 11.2. The molecule has 3 N–H and O–H groups in total. The van der Waals surface area contributed by atoms with E-state index in [0.29, 0.717) is 5.56 Å². The van der Waals surface area contributed by atoms with Crippen LogP contribution >= 0.6 is 0 Å². The summed E-state index contributed by atoms with van der Waals surface area (Å²) in [5.41, 5.74) is 5.98. The van der Waals surface area contributed by atoms with Crippen molar-refractivity contribution in [1.29, 1.82) is 5.41 Å². The number of ether oxygens (including phenoxy) is 1. The molecule has 0 heterocycles. The first-order valence-electron chi connectivity index (χ1n) is 6.34. The fraction of sp³-hybridized carbons (Fsp3) is 0.133. The van der Waals surface area contributed by atoms with Gasteiger partial charge in [0.25, 0.3) is 0 Å². The lowest BCUT2D eigenvalue weighted by Crippen LogP contribution is -2.15. The maximum absolute atomic E-state index is 13.6. The summed E-state index contributed by atoms with van der Waals surface area (Å²) in [6, 6.07) is 10.4. The van der Waals surface area contributed by atoms with E-state index in [-0.39, 0.29) is 22.8 Å². The summed E-state index contributed by atoms with van der Waals surface area (Å²) in [6.07, 6.45) is 1.13. The summed E-state index contributed by atoms with van der Waals surface area (Å²) in [5.74, 6) is -0.877. The van der Waals surface area contributed by atoms with Crippen LogP contribution in [0.1, 0.15) is 11.1 Å². The van der Waals surface area contributed by atoms with Crippen molar-refractivity contribution < 1.29 is 17.5 Å². The van der Waals surface area contributed by atoms with Crippen LogP contribution in [0.5, 0.6) is 5.75 Å². The standard InChI is InChI=1S/C15H15FN2O3S/c1-22(19,20)11-7-5-10(6-8-11)9-21-13-4-2-3-12(16)14(13)15(17)18/h2-8H,9H2,1H3,(H3,17,18). The molecule has 0 spiro atoms. The molecule has 0 unspecified atom stereocenters. The molecule has 0 bridgehead atoms. The molecule has 0 atom stereocenters. The van der Waals surface area contributed by atoms with Crippen molar-refractivity contribution in [3.63, 3.8) is 0 Å². The molecule has 0 amide bonds. The number of benzene rings is 2. The average molecular weight is 322 g/mol. The molecule has 0 aliphatic carbocycles. The van der Waals surface area contributed by atoms with Crippen LogP contribution in [0.4, 0.5) is 4.39 Å². The van der Waals surface area contributed by atoms with Crippen molar-refractivity contribution in [1.82, 2.24) is 0 Å². The van der Waals surface area contributed by atoms with Gasteiger partial charge < -0.3 is 10.5 Å². The third-order valence-corrected chi connectivity index (χ3v) is 4.12. The Morgan fingerprint density at radius 3 is 2.41 bits per heavy atom.